The Kier molecular flexibility index (Phi) is 3.59. The van der Waals surface area contributed by atoms with Crippen LogP contribution in [-0.4, -0.2) is 15.8 Å². The highest BCUT2D eigenvalue weighted by Gasteiger charge is 2.04. The number of aromatic nitrogens is 2. The van der Waals surface area contributed by atoms with E-state index in [1.165, 1.54) is 0 Å². The third-order valence-electron chi connectivity index (χ3n) is 2.40. The molecule has 6 nitrogen and oxygen atoms in total. The number of rotatable bonds is 3. The Labute approximate surface area is 105 Å². The normalized spacial score (nSPS) is 10.1. The summed E-state index contributed by atoms with van der Waals surface area (Å²) in [6.07, 6.45) is 1.76. The van der Waals surface area contributed by atoms with Crippen molar-refractivity contribution in [1.82, 2.24) is 9.78 Å². The second kappa shape index (κ2) is 5.33. The van der Waals surface area contributed by atoms with Gasteiger partial charge in [-0.1, -0.05) is 12.1 Å². The lowest BCUT2D eigenvalue weighted by atomic mass is 10.2. The second-order valence-electron chi connectivity index (χ2n) is 3.85. The van der Waals surface area contributed by atoms with Gasteiger partial charge in [-0.15, -0.1) is 0 Å². The van der Waals surface area contributed by atoms with Gasteiger partial charge >= 0.3 is 6.03 Å². The Morgan fingerprint density at radius 3 is 2.56 bits per heavy atom. The molecule has 94 valence electrons. The van der Waals surface area contributed by atoms with Crippen LogP contribution in [0.25, 0.3) is 0 Å². The summed E-state index contributed by atoms with van der Waals surface area (Å²) < 4.78 is 1.62. The first-order valence-corrected chi connectivity index (χ1v) is 5.54. The highest BCUT2D eigenvalue weighted by molar-refractivity contribution is 5.99. The Morgan fingerprint density at radius 1 is 1.28 bits per heavy atom. The van der Waals surface area contributed by atoms with E-state index in [2.05, 4.69) is 15.7 Å². The van der Waals surface area contributed by atoms with E-state index in [4.69, 9.17) is 5.73 Å². The van der Waals surface area contributed by atoms with Gasteiger partial charge in [-0.2, -0.15) is 5.10 Å². The lowest BCUT2D eigenvalue weighted by molar-refractivity contribution is 0.262. The molecule has 0 saturated carbocycles. The maximum atomic E-state index is 11.6. The third-order valence-corrected chi connectivity index (χ3v) is 2.40. The molecule has 1 aromatic carbocycles. The summed E-state index contributed by atoms with van der Waals surface area (Å²) in [7, 11) is 1.79. The van der Waals surface area contributed by atoms with Gasteiger partial charge in [0, 0.05) is 31.5 Å². The highest BCUT2D eigenvalue weighted by Crippen LogP contribution is 2.10. The molecule has 0 fully saturated rings. The molecule has 0 unspecified atom stereocenters. The fraction of sp³-hybridized carbons (Fsp3) is 0.167. The van der Waals surface area contributed by atoms with Crippen molar-refractivity contribution >= 4 is 17.5 Å². The summed E-state index contributed by atoms with van der Waals surface area (Å²) in [5.74, 6) is 0.508. The lowest BCUT2D eigenvalue weighted by Gasteiger charge is -2.06. The first kappa shape index (κ1) is 12.1. The number of nitrogens with two attached hydrogens (primary N) is 1. The zero-order valence-corrected chi connectivity index (χ0v) is 10.1. The number of urea groups is 1. The molecule has 2 amide bonds. The summed E-state index contributed by atoms with van der Waals surface area (Å²) in [6, 6.07) is 8.75. The highest BCUT2D eigenvalue weighted by atomic mass is 16.2. The van der Waals surface area contributed by atoms with Crippen LogP contribution in [0.3, 0.4) is 0 Å². The summed E-state index contributed by atoms with van der Waals surface area (Å²) in [4.78, 5) is 11.6. The maximum Gasteiger partial charge on any atom is 0.324 e. The number of hydrogen-bond donors (Lipinski definition) is 3. The van der Waals surface area contributed by atoms with Gasteiger partial charge < -0.3 is 11.1 Å². The molecule has 0 aliphatic rings. The predicted octanol–water partition coefficient (Wildman–Crippen LogP) is 1.52. The van der Waals surface area contributed by atoms with Gasteiger partial charge in [-0.05, 0) is 17.7 Å². The number of benzene rings is 1. The van der Waals surface area contributed by atoms with Gasteiger partial charge in [-0.3, -0.25) is 10.00 Å². The maximum absolute atomic E-state index is 11.6. The van der Waals surface area contributed by atoms with E-state index in [-0.39, 0.29) is 6.03 Å². The quantitative estimate of drug-likeness (QED) is 0.766. The zero-order valence-electron chi connectivity index (χ0n) is 10.1. The Balaban J connectivity index is 1.94. The van der Waals surface area contributed by atoms with Crippen molar-refractivity contribution in [3.63, 3.8) is 0 Å². The molecule has 0 atom stereocenters. The molecule has 1 aromatic heterocycles. The molecule has 18 heavy (non-hydrogen) atoms. The predicted molar refractivity (Wildman–Crippen MR) is 70.2 cm³/mol. The van der Waals surface area contributed by atoms with Crippen molar-refractivity contribution < 1.29 is 4.79 Å². The van der Waals surface area contributed by atoms with E-state index >= 15 is 0 Å². The lowest BCUT2D eigenvalue weighted by Crippen LogP contribution is -2.19. The third kappa shape index (κ3) is 3.08. The number of nitrogens with zero attached hydrogens (tertiary/aromatic N) is 2. The van der Waals surface area contributed by atoms with Crippen LogP contribution in [-0.2, 0) is 13.6 Å². The van der Waals surface area contributed by atoms with Gasteiger partial charge in [0.15, 0.2) is 5.82 Å². The Bertz CT molecular complexity index is 532. The first-order chi connectivity index (χ1) is 8.67. The van der Waals surface area contributed by atoms with Crippen LogP contribution in [0, 0.1) is 0 Å². The summed E-state index contributed by atoms with van der Waals surface area (Å²) in [5.41, 5.74) is 7.22. The van der Waals surface area contributed by atoms with E-state index in [1.54, 1.807) is 36.1 Å². The molecule has 0 aliphatic heterocycles. The number of amides is 2. The number of carbonyl (C=O) groups is 1. The van der Waals surface area contributed by atoms with Crippen LogP contribution < -0.4 is 16.4 Å². The van der Waals surface area contributed by atoms with Gasteiger partial charge in [0.1, 0.15) is 0 Å². The minimum atomic E-state index is -0.325. The van der Waals surface area contributed by atoms with Crippen LogP contribution in [0.1, 0.15) is 5.56 Å². The molecule has 2 aromatic rings. The molecule has 6 heteroatoms. The van der Waals surface area contributed by atoms with Crippen LogP contribution in [0.4, 0.5) is 16.3 Å². The van der Waals surface area contributed by atoms with Crippen LogP contribution in [0.2, 0.25) is 0 Å². The number of anilines is 2. The fourth-order valence-corrected chi connectivity index (χ4v) is 1.48. The van der Waals surface area contributed by atoms with E-state index < -0.39 is 0 Å². The van der Waals surface area contributed by atoms with E-state index in [9.17, 15) is 4.79 Å². The topological polar surface area (TPSA) is 85.0 Å². The van der Waals surface area contributed by atoms with Crippen LogP contribution >= 0.6 is 0 Å². The smallest absolute Gasteiger partial charge is 0.324 e. The molecule has 0 bridgehead atoms. The van der Waals surface area contributed by atoms with Gasteiger partial charge in [0.25, 0.3) is 0 Å². The first-order valence-electron chi connectivity index (χ1n) is 5.54. The molecule has 0 aliphatic carbocycles. The largest absolute Gasteiger partial charge is 0.326 e. The Morgan fingerprint density at radius 2 is 2.00 bits per heavy atom. The average molecular weight is 245 g/mol. The van der Waals surface area contributed by atoms with Crippen molar-refractivity contribution in [2.24, 2.45) is 12.8 Å². The number of hydrogen-bond acceptors (Lipinski definition) is 3. The number of aryl methyl sites for hydroxylation is 1. The zero-order chi connectivity index (χ0) is 13.0. The standard InChI is InChI=1S/C12H15N5O/c1-17-7-6-11(16-17)15-12(18)14-10-4-2-9(8-13)3-5-10/h2-7H,8,13H2,1H3,(H2,14,15,16,18). The minimum Gasteiger partial charge on any atom is -0.326 e. The molecule has 1 heterocycles. The molecular formula is C12H15N5O. The van der Waals surface area contributed by atoms with Gasteiger partial charge in [-0.25, -0.2) is 4.79 Å². The fourth-order valence-electron chi connectivity index (χ4n) is 1.48. The summed E-state index contributed by atoms with van der Waals surface area (Å²) in [5, 5.41) is 9.39. The molecule has 0 radical (unpaired) electrons. The Hall–Kier alpha value is -2.34. The SMILES string of the molecule is Cn1ccc(NC(=O)Nc2ccc(CN)cc2)n1. The molecule has 0 saturated heterocycles. The van der Waals surface area contributed by atoms with E-state index in [1.807, 2.05) is 12.1 Å². The van der Waals surface area contributed by atoms with Crippen LogP contribution in [0.5, 0.6) is 0 Å². The minimum absolute atomic E-state index is 0.325. The van der Waals surface area contributed by atoms with Crippen molar-refractivity contribution in [1.29, 1.82) is 0 Å². The van der Waals surface area contributed by atoms with E-state index in [0.29, 0.717) is 18.1 Å². The van der Waals surface area contributed by atoms with Crippen molar-refractivity contribution in [3.05, 3.63) is 42.1 Å². The average Bonchev–Trinajstić information content (AvgIpc) is 2.75. The van der Waals surface area contributed by atoms with Crippen molar-refractivity contribution in [2.45, 2.75) is 6.54 Å². The molecule has 0 spiro atoms. The van der Waals surface area contributed by atoms with Crippen molar-refractivity contribution in [3.8, 4) is 0 Å². The monoisotopic (exact) mass is 245 g/mol. The second-order valence-corrected chi connectivity index (χ2v) is 3.85. The number of carbonyl (C=O) groups excluding carboxylic acids is 1. The molecular weight excluding hydrogens is 230 g/mol. The molecule has 4 N–H and O–H groups in total. The molecule has 2 rings (SSSR count). The van der Waals surface area contributed by atoms with Gasteiger partial charge in [0.05, 0.1) is 0 Å². The summed E-state index contributed by atoms with van der Waals surface area (Å²) >= 11 is 0. The van der Waals surface area contributed by atoms with E-state index in [0.717, 1.165) is 5.56 Å². The van der Waals surface area contributed by atoms with Crippen LogP contribution in [0.15, 0.2) is 36.5 Å². The van der Waals surface area contributed by atoms with Gasteiger partial charge in [0.2, 0.25) is 0 Å². The van der Waals surface area contributed by atoms with Crippen molar-refractivity contribution in [2.75, 3.05) is 10.6 Å². The summed E-state index contributed by atoms with van der Waals surface area (Å²) in [6.45, 7) is 0.487. The number of nitrogens with one attached hydrogen (secondary N) is 2.